The third-order valence-electron chi connectivity index (χ3n) is 4.32. The molecule has 1 aliphatic heterocycles. The second kappa shape index (κ2) is 7.27. The second-order valence-corrected chi connectivity index (χ2v) is 5.98. The molecule has 0 unspecified atom stereocenters. The number of rotatable bonds is 5. The summed E-state index contributed by atoms with van der Waals surface area (Å²) in [7, 11) is 0. The van der Waals surface area contributed by atoms with Gasteiger partial charge >= 0.3 is 5.69 Å². The van der Waals surface area contributed by atoms with Crippen LogP contribution in [0, 0.1) is 10.1 Å². The van der Waals surface area contributed by atoms with Gasteiger partial charge in [-0.2, -0.15) is 0 Å². The first-order valence-electron chi connectivity index (χ1n) is 8.47. The van der Waals surface area contributed by atoms with Gasteiger partial charge in [0.2, 0.25) is 11.6 Å². The van der Waals surface area contributed by atoms with Gasteiger partial charge in [-0.1, -0.05) is 24.3 Å². The van der Waals surface area contributed by atoms with Gasteiger partial charge in [0.15, 0.2) is 0 Å². The monoisotopic (exact) mass is 377 g/mol. The van der Waals surface area contributed by atoms with Crippen LogP contribution in [-0.2, 0) is 6.42 Å². The van der Waals surface area contributed by atoms with E-state index in [9.17, 15) is 14.9 Å². The number of para-hydroxylation sites is 1. The van der Waals surface area contributed by atoms with E-state index in [1.165, 1.54) is 18.6 Å². The molecule has 2 aromatic heterocycles. The molecule has 1 aromatic carbocycles. The lowest BCUT2D eigenvalue weighted by Gasteiger charge is -2.19. The van der Waals surface area contributed by atoms with Gasteiger partial charge in [0.05, 0.1) is 4.92 Å². The maximum Gasteiger partial charge on any atom is 0.355 e. The van der Waals surface area contributed by atoms with Gasteiger partial charge in [0, 0.05) is 18.4 Å². The van der Waals surface area contributed by atoms with Crippen LogP contribution in [0.2, 0.25) is 0 Å². The lowest BCUT2D eigenvalue weighted by molar-refractivity contribution is -0.383. The number of hydrazine groups is 1. The first-order chi connectivity index (χ1) is 13.6. The van der Waals surface area contributed by atoms with Gasteiger partial charge in [0.1, 0.15) is 12.0 Å². The molecule has 10 heteroatoms. The molecular weight excluding hydrogens is 362 g/mol. The largest absolute Gasteiger partial charge is 0.355 e. The predicted molar refractivity (Wildman–Crippen MR) is 101 cm³/mol. The standard InChI is InChI=1S/C18H15N7O3/c26-18(13-6-3-4-9-19-13)23-22-16-15(25(27)28)17(21-11-20-16)24-10-8-12-5-1-2-7-14(12)24/h1-7,9,11H,8,10H2,(H,23,26)(H,20,21,22). The summed E-state index contributed by atoms with van der Waals surface area (Å²) < 4.78 is 0. The fourth-order valence-electron chi connectivity index (χ4n) is 3.06. The van der Waals surface area contributed by atoms with Crippen LogP contribution in [0.25, 0.3) is 0 Å². The number of carbonyl (C=O) groups is 1. The van der Waals surface area contributed by atoms with Crippen molar-refractivity contribution in [2.45, 2.75) is 6.42 Å². The molecular formula is C18H15N7O3. The number of nitrogens with one attached hydrogen (secondary N) is 2. The van der Waals surface area contributed by atoms with E-state index in [1.807, 2.05) is 24.3 Å². The zero-order valence-corrected chi connectivity index (χ0v) is 14.6. The fourth-order valence-corrected chi connectivity index (χ4v) is 3.06. The first kappa shape index (κ1) is 17.3. The van der Waals surface area contributed by atoms with Crippen molar-refractivity contribution in [3.8, 4) is 0 Å². The third kappa shape index (κ3) is 3.18. The van der Waals surface area contributed by atoms with Crippen molar-refractivity contribution in [1.82, 2.24) is 20.4 Å². The number of fused-ring (bicyclic) bond motifs is 1. The van der Waals surface area contributed by atoms with E-state index in [4.69, 9.17) is 0 Å². The highest BCUT2D eigenvalue weighted by Crippen LogP contribution is 2.39. The lowest BCUT2D eigenvalue weighted by atomic mass is 10.2. The number of benzene rings is 1. The van der Waals surface area contributed by atoms with Gasteiger partial charge in [0.25, 0.3) is 5.91 Å². The number of amides is 1. The Kier molecular flexibility index (Phi) is 4.50. The van der Waals surface area contributed by atoms with Crippen LogP contribution in [0.3, 0.4) is 0 Å². The molecule has 4 rings (SSSR count). The van der Waals surface area contributed by atoms with Crippen molar-refractivity contribution in [2.75, 3.05) is 16.9 Å². The Morgan fingerprint density at radius 2 is 1.93 bits per heavy atom. The summed E-state index contributed by atoms with van der Waals surface area (Å²) in [6.07, 6.45) is 3.46. The molecule has 0 atom stereocenters. The van der Waals surface area contributed by atoms with Crippen LogP contribution < -0.4 is 15.8 Å². The van der Waals surface area contributed by atoms with E-state index in [1.54, 1.807) is 17.0 Å². The zero-order chi connectivity index (χ0) is 19.5. The Bertz CT molecular complexity index is 1040. The number of aromatic nitrogens is 3. The van der Waals surface area contributed by atoms with E-state index in [0.717, 1.165) is 17.7 Å². The number of nitro groups is 1. The summed E-state index contributed by atoms with van der Waals surface area (Å²) in [6, 6.07) is 12.5. The third-order valence-corrected chi connectivity index (χ3v) is 4.32. The summed E-state index contributed by atoms with van der Waals surface area (Å²) in [5, 5.41) is 11.8. The lowest BCUT2D eigenvalue weighted by Crippen LogP contribution is -2.31. The highest BCUT2D eigenvalue weighted by molar-refractivity contribution is 5.93. The van der Waals surface area contributed by atoms with Crippen molar-refractivity contribution < 1.29 is 9.72 Å². The maximum atomic E-state index is 12.1. The minimum atomic E-state index is -0.564. The Labute approximate surface area is 159 Å². The molecule has 140 valence electrons. The normalized spacial score (nSPS) is 12.4. The van der Waals surface area contributed by atoms with Crippen molar-refractivity contribution in [2.24, 2.45) is 0 Å². The smallest absolute Gasteiger partial charge is 0.320 e. The molecule has 0 aliphatic carbocycles. The molecule has 0 fully saturated rings. The average Bonchev–Trinajstić information content (AvgIpc) is 3.16. The van der Waals surface area contributed by atoms with Crippen LogP contribution in [0.1, 0.15) is 16.1 Å². The molecule has 0 bridgehead atoms. The van der Waals surface area contributed by atoms with Crippen molar-refractivity contribution in [3.63, 3.8) is 0 Å². The summed E-state index contributed by atoms with van der Waals surface area (Å²) in [5.74, 6) is -0.482. The highest BCUT2D eigenvalue weighted by Gasteiger charge is 2.31. The molecule has 3 heterocycles. The first-order valence-corrected chi connectivity index (χ1v) is 8.47. The molecule has 1 amide bonds. The molecule has 0 saturated carbocycles. The van der Waals surface area contributed by atoms with E-state index in [-0.39, 0.29) is 23.0 Å². The Balaban J connectivity index is 1.64. The van der Waals surface area contributed by atoms with Crippen LogP contribution in [0.4, 0.5) is 23.0 Å². The van der Waals surface area contributed by atoms with Gasteiger partial charge < -0.3 is 4.90 Å². The number of hydrogen-bond acceptors (Lipinski definition) is 8. The quantitative estimate of drug-likeness (QED) is 0.512. The van der Waals surface area contributed by atoms with Crippen LogP contribution in [0.5, 0.6) is 0 Å². The molecule has 28 heavy (non-hydrogen) atoms. The molecule has 0 saturated heterocycles. The Hall–Kier alpha value is -4.08. The molecule has 0 radical (unpaired) electrons. The minimum Gasteiger partial charge on any atom is -0.320 e. The molecule has 2 N–H and O–H groups in total. The van der Waals surface area contributed by atoms with Gasteiger partial charge in [-0.3, -0.25) is 30.7 Å². The van der Waals surface area contributed by atoms with E-state index in [2.05, 4.69) is 25.8 Å². The topological polar surface area (TPSA) is 126 Å². The second-order valence-electron chi connectivity index (χ2n) is 5.98. The SMILES string of the molecule is O=C(NNc1ncnc(N2CCc3ccccc32)c1[N+](=O)[O-])c1ccccn1. The van der Waals surface area contributed by atoms with E-state index < -0.39 is 10.8 Å². The summed E-state index contributed by atoms with van der Waals surface area (Å²) in [4.78, 5) is 37.1. The zero-order valence-electron chi connectivity index (χ0n) is 14.6. The number of pyridine rings is 1. The van der Waals surface area contributed by atoms with Crippen LogP contribution in [0.15, 0.2) is 55.0 Å². The maximum absolute atomic E-state index is 12.1. The van der Waals surface area contributed by atoms with Crippen molar-refractivity contribution in [3.05, 3.63) is 76.4 Å². The molecule has 0 spiro atoms. The number of hydrogen-bond donors (Lipinski definition) is 2. The van der Waals surface area contributed by atoms with Gasteiger partial charge in [-0.15, -0.1) is 0 Å². The number of anilines is 3. The van der Waals surface area contributed by atoms with Crippen LogP contribution in [-0.4, -0.2) is 32.3 Å². The molecule has 3 aromatic rings. The summed E-state index contributed by atoms with van der Waals surface area (Å²) in [5.41, 5.74) is 6.71. The Morgan fingerprint density at radius 1 is 1.11 bits per heavy atom. The minimum absolute atomic E-state index is 0.108. The predicted octanol–water partition coefficient (Wildman–Crippen LogP) is 2.23. The van der Waals surface area contributed by atoms with Gasteiger partial charge in [-0.25, -0.2) is 9.97 Å². The molecule has 1 aliphatic rings. The average molecular weight is 377 g/mol. The van der Waals surface area contributed by atoms with E-state index >= 15 is 0 Å². The van der Waals surface area contributed by atoms with E-state index in [0.29, 0.717) is 6.54 Å². The summed E-state index contributed by atoms with van der Waals surface area (Å²) in [6.45, 7) is 0.566. The number of nitrogens with zero attached hydrogens (tertiary/aromatic N) is 5. The summed E-state index contributed by atoms with van der Waals surface area (Å²) >= 11 is 0. The molecule has 10 nitrogen and oxygen atoms in total. The van der Waals surface area contributed by atoms with Gasteiger partial charge in [-0.05, 0) is 30.2 Å². The fraction of sp³-hybridized carbons (Fsp3) is 0.111. The van der Waals surface area contributed by atoms with Crippen LogP contribution >= 0.6 is 0 Å². The van der Waals surface area contributed by atoms with Crippen molar-refractivity contribution >= 4 is 28.9 Å². The number of carbonyl (C=O) groups excluding carboxylic acids is 1. The highest BCUT2D eigenvalue weighted by atomic mass is 16.6. The van der Waals surface area contributed by atoms with Crippen molar-refractivity contribution in [1.29, 1.82) is 0 Å². The Morgan fingerprint density at radius 3 is 2.71 bits per heavy atom.